The van der Waals surface area contributed by atoms with Gasteiger partial charge in [-0.05, 0) is 46.2 Å². The summed E-state index contributed by atoms with van der Waals surface area (Å²) in [6.45, 7) is 10.3. The van der Waals surface area contributed by atoms with Crippen molar-refractivity contribution in [2.45, 2.75) is 51.4 Å². The maximum Gasteiger partial charge on any atom is 0.234 e. The molecule has 0 saturated heterocycles. The Hall–Kier alpha value is -0.0900. The first kappa shape index (κ1) is 16.9. The molecule has 0 radical (unpaired) electrons. The summed E-state index contributed by atoms with van der Waals surface area (Å²) < 4.78 is 0. The van der Waals surface area contributed by atoms with Crippen LogP contribution >= 0.6 is 15.9 Å². The first-order valence-corrected chi connectivity index (χ1v) is 7.39. The minimum atomic E-state index is -0.0687. The van der Waals surface area contributed by atoms with Gasteiger partial charge in [0.15, 0.2) is 0 Å². The highest BCUT2D eigenvalue weighted by atomic mass is 79.9. The predicted molar refractivity (Wildman–Crippen MR) is 77.6 cm³/mol. The minimum absolute atomic E-state index is 0.0687. The van der Waals surface area contributed by atoms with Crippen LogP contribution in [-0.4, -0.2) is 41.8 Å². The maximum atomic E-state index is 11.6. The van der Waals surface area contributed by atoms with Crippen LogP contribution in [0.2, 0.25) is 0 Å². The van der Waals surface area contributed by atoms with Gasteiger partial charge in [0.25, 0.3) is 0 Å². The Morgan fingerprint density at radius 2 is 1.82 bits per heavy atom. The van der Waals surface area contributed by atoms with E-state index in [9.17, 15) is 4.79 Å². The summed E-state index contributed by atoms with van der Waals surface area (Å²) in [5, 5.41) is 2.96. The van der Waals surface area contributed by atoms with Crippen molar-refractivity contribution >= 4 is 21.8 Å². The quantitative estimate of drug-likeness (QED) is 0.552. The van der Waals surface area contributed by atoms with Crippen molar-refractivity contribution in [3.8, 4) is 0 Å². The van der Waals surface area contributed by atoms with Crippen molar-refractivity contribution in [2.24, 2.45) is 5.92 Å². The summed E-state index contributed by atoms with van der Waals surface area (Å²) in [4.78, 5) is 13.9. The Kier molecular flexibility index (Phi) is 8.88. The smallest absolute Gasteiger partial charge is 0.234 e. The topological polar surface area (TPSA) is 32.3 Å². The fraction of sp³-hybridized carbons (Fsp3) is 0.923. The highest BCUT2D eigenvalue weighted by Gasteiger charge is 2.17. The lowest BCUT2D eigenvalue weighted by molar-refractivity contribution is -0.121. The SMILES string of the molecule is CC(C)C(Br)C(=O)NCCCCN(C)C(C)C. The third-order valence-corrected chi connectivity index (χ3v) is 4.43. The Labute approximate surface area is 114 Å². The molecule has 4 heteroatoms. The molecule has 1 atom stereocenters. The number of nitrogens with zero attached hydrogens (tertiary/aromatic N) is 1. The summed E-state index contributed by atoms with van der Waals surface area (Å²) in [7, 11) is 2.14. The van der Waals surface area contributed by atoms with E-state index in [1.807, 2.05) is 13.8 Å². The van der Waals surface area contributed by atoms with Crippen LogP contribution in [0.3, 0.4) is 0 Å². The number of carbonyl (C=O) groups is 1. The minimum Gasteiger partial charge on any atom is -0.355 e. The molecule has 0 aliphatic carbocycles. The van der Waals surface area contributed by atoms with Crippen molar-refractivity contribution in [2.75, 3.05) is 20.1 Å². The van der Waals surface area contributed by atoms with E-state index in [1.165, 1.54) is 0 Å². The number of carbonyl (C=O) groups excluding carboxylic acids is 1. The van der Waals surface area contributed by atoms with Crippen molar-refractivity contribution in [3.63, 3.8) is 0 Å². The van der Waals surface area contributed by atoms with E-state index in [1.54, 1.807) is 0 Å². The standard InChI is InChI=1S/C13H27BrN2O/c1-10(2)12(14)13(17)15-8-6-7-9-16(5)11(3)4/h10-12H,6-9H2,1-5H3,(H,15,17). The summed E-state index contributed by atoms with van der Waals surface area (Å²) in [6, 6.07) is 0.595. The van der Waals surface area contributed by atoms with Gasteiger partial charge >= 0.3 is 0 Å². The third-order valence-electron chi connectivity index (χ3n) is 2.95. The van der Waals surface area contributed by atoms with E-state index in [2.05, 4.69) is 47.0 Å². The first-order valence-electron chi connectivity index (χ1n) is 6.48. The van der Waals surface area contributed by atoms with E-state index in [0.29, 0.717) is 12.0 Å². The molecule has 0 heterocycles. The molecule has 0 aromatic heterocycles. The van der Waals surface area contributed by atoms with Crippen molar-refractivity contribution in [3.05, 3.63) is 0 Å². The zero-order chi connectivity index (χ0) is 13.4. The van der Waals surface area contributed by atoms with Crippen LogP contribution in [0.5, 0.6) is 0 Å². The summed E-state index contributed by atoms with van der Waals surface area (Å²) in [5.74, 6) is 0.444. The van der Waals surface area contributed by atoms with Crippen LogP contribution in [0, 0.1) is 5.92 Å². The highest BCUT2D eigenvalue weighted by Crippen LogP contribution is 2.11. The van der Waals surface area contributed by atoms with Gasteiger partial charge in [-0.1, -0.05) is 29.8 Å². The van der Waals surface area contributed by atoms with Crippen LogP contribution in [0.1, 0.15) is 40.5 Å². The lowest BCUT2D eigenvalue weighted by Crippen LogP contribution is -2.35. The molecule has 1 N–H and O–H groups in total. The Morgan fingerprint density at radius 1 is 1.24 bits per heavy atom. The molecule has 1 unspecified atom stereocenters. The molecule has 0 aliphatic heterocycles. The van der Waals surface area contributed by atoms with Gasteiger partial charge in [-0.3, -0.25) is 4.79 Å². The number of halogens is 1. The van der Waals surface area contributed by atoms with E-state index in [4.69, 9.17) is 0 Å². The summed E-state index contributed by atoms with van der Waals surface area (Å²) in [6.07, 6.45) is 2.17. The molecule has 0 saturated carbocycles. The molecule has 102 valence electrons. The Balaban J connectivity index is 3.55. The van der Waals surface area contributed by atoms with Crippen molar-refractivity contribution in [1.82, 2.24) is 10.2 Å². The molecule has 0 fully saturated rings. The fourth-order valence-electron chi connectivity index (χ4n) is 1.36. The predicted octanol–water partition coefficient (Wildman–Crippen LogP) is 2.64. The maximum absolute atomic E-state index is 11.6. The highest BCUT2D eigenvalue weighted by molar-refractivity contribution is 9.10. The number of rotatable bonds is 8. The second-order valence-electron chi connectivity index (χ2n) is 5.22. The van der Waals surface area contributed by atoms with Gasteiger partial charge in [-0.25, -0.2) is 0 Å². The van der Waals surface area contributed by atoms with Gasteiger partial charge in [-0.2, -0.15) is 0 Å². The normalized spacial score (nSPS) is 13.5. The van der Waals surface area contributed by atoms with Gasteiger partial charge in [0.2, 0.25) is 5.91 Å². The Morgan fingerprint density at radius 3 is 2.29 bits per heavy atom. The monoisotopic (exact) mass is 306 g/mol. The van der Waals surface area contributed by atoms with Crippen LogP contribution in [0.15, 0.2) is 0 Å². The second-order valence-corrected chi connectivity index (χ2v) is 6.20. The molecule has 17 heavy (non-hydrogen) atoms. The van der Waals surface area contributed by atoms with Crippen molar-refractivity contribution in [1.29, 1.82) is 0 Å². The summed E-state index contributed by atoms with van der Waals surface area (Å²) >= 11 is 3.40. The molecule has 0 spiro atoms. The largest absolute Gasteiger partial charge is 0.355 e. The lowest BCUT2D eigenvalue weighted by atomic mass is 10.1. The molecule has 0 bridgehead atoms. The number of hydrogen-bond acceptors (Lipinski definition) is 2. The molecule has 0 aromatic rings. The van der Waals surface area contributed by atoms with Gasteiger partial charge in [0.1, 0.15) is 0 Å². The average molecular weight is 307 g/mol. The number of nitrogens with one attached hydrogen (secondary N) is 1. The van der Waals surface area contributed by atoms with E-state index >= 15 is 0 Å². The molecule has 0 aromatic carbocycles. The molecule has 1 amide bonds. The lowest BCUT2D eigenvalue weighted by Gasteiger charge is -2.20. The van der Waals surface area contributed by atoms with E-state index < -0.39 is 0 Å². The molecule has 3 nitrogen and oxygen atoms in total. The zero-order valence-corrected chi connectivity index (χ0v) is 13.4. The number of amides is 1. The van der Waals surface area contributed by atoms with Gasteiger partial charge in [0, 0.05) is 12.6 Å². The van der Waals surface area contributed by atoms with E-state index in [0.717, 1.165) is 25.9 Å². The zero-order valence-electron chi connectivity index (χ0n) is 11.8. The Bertz CT molecular complexity index is 219. The number of alkyl halides is 1. The van der Waals surface area contributed by atoms with Crippen LogP contribution in [0.4, 0.5) is 0 Å². The van der Waals surface area contributed by atoms with Crippen LogP contribution in [0.25, 0.3) is 0 Å². The average Bonchev–Trinajstić information content (AvgIpc) is 2.26. The first-order chi connectivity index (χ1) is 7.86. The third kappa shape index (κ3) is 7.77. The second kappa shape index (κ2) is 8.92. The van der Waals surface area contributed by atoms with Gasteiger partial charge in [-0.15, -0.1) is 0 Å². The van der Waals surface area contributed by atoms with Crippen molar-refractivity contribution < 1.29 is 4.79 Å². The van der Waals surface area contributed by atoms with Gasteiger partial charge in [0.05, 0.1) is 4.83 Å². The molecular weight excluding hydrogens is 280 g/mol. The van der Waals surface area contributed by atoms with E-state index in [-0.39, 0.29) is 10.7 Å². The summed E-state index contributed by atoms with van der Waals surface area (Å²) in [5.41, 5.74) is 0. The molecule has 0 aliphatic rings. The van der Waals surface area contributed by atoms with Crippen LogP contribution in [-0.2, 0) is 4.79 Å². The molecular formula is C13H27BrN2O. The van der Waals surface area contributed by atoms with Gasteiger partial charge < -0.3 is 10.2 Å². The fourth-order valence-corrected chi connectivity index (χ4v) is 1.52. The number of hydrogen-bond donors (Lipinski definition) is 1. The number of unbranched alkanes of at least 4 members (excludes halogenated alkanes) is 1. The van der Waals surface area contributed by atoms with Crippen LogP contribution < -0.4 is 5.32 Å². The molecule has 0 rings (SSSR count).